The molecule has 4 unspecified atom stereocenters. The molecule has 7 N–H and O–H groups in total. The number of nitrogens with zero attached hydrogens (tertiary/aromatic N) is 2. The first-order valence-electron chi connectivity index (χ1n) is 20.9. The summed E-state index contributed by atoms with van der Waals surface area (Å²) >= 11 is 0. The molecule has 0 saturated carbocycles. The van der Waals surface area contributed by atoms with Gasteiger partial charge in [-0.2, -0.15) is 10.6 Å². The van der Waals surface area contributed by atoms with Gasteiger partial charge in [0.15, 0.2) is 0 Å². The summed E-state index contributed by atoms with van der Waals surface area (Å²) in [6, 6.07) is 0.638. The average molecular weight is 866 g/mol. The highest BCUT2D eigenvalue weighted by Gasteiger charge is 2.36. The molecule has 0 rings (SSSR count). The molecule has 0 aromatic heterocycles. The summed E-state index contributed by atoms with van der Waals surface area (Å²) in [4.78, 5) is 4.35. The minimum absolute atomic E-state index is 0.228. The smallest absolute Gasteiger partial charge is 0.389 e. The molecule has 0 radical (unpaired) electrons. The van der Waals surface area contributed by atoms with E-state index in [4.69, 9.17) is 46.3 Å². The van der Waals surface area contributed by atoms with E-state index >= 15 is 0 Å². The summed E-state index contributed by atoms with van der Waals surface area (Å²) in [5.74, 6) is 1.62. The van der Waals surface area contributed by atoms with Crippen LogP contribution in [0.3, 0.4) is 0 Å². The third-order valence-electron chi connectivity index (χ3n) is 9.76. The molecule has 57 heavy (non-hydrogen) atoms. The van der Waals surface area contributed by atoms with Crippen LogP contribution >= 0.6 is 10.6 Å². The molecule has 0 aliphatic rings. The van der Waals surface area contributed by atoms with Crippen molar-refractivity contribution >= 4 is 19.4 Å². The molecule has 0 aromatic rings. The van der Waals surface area contributed by atoms with E-state index in [0.29, 0.717) is 102 Å². The molecule has 4 atom stereocenters. The Labute approximate surface area is 349 Å². The number of aliphatic hydroxyl groups excluding tert-OH is 3. The maximum absolute atomic E-state index is 10.9. The van der Waals surface area contributed by atoms with Crippen LogP contribution in [-0.4, -0.2) is 218 Å². The van der Waals surface area contributed by atoms with Gasteiger partial charge < -0.3 is 63.9 Å². The van der Waals surface area contributed by atoms with Crippen LogP contribution in [-0.2, 0) is 40.6 Å². The van der Waals surface area contributed by atoms with Crippen LogP contribution in [0.25, 0.3) is 0 Å². The third kappa shape index (κ3) is 28.9. The normalized spacial score (nSPS) is 15.1. The van der Waals surface area contributed by atoms with E-state index in [-0.39, 0.29) is 13.2 Å². The number of hydrogen-bond acceptors (Lipinski definition) is 17. The van der Waals surface area contributed by atoms with Gasteiger partial charge in [0.25, 0.3) is 0 Å². The van der Waals surface area contributed by atoms with Crippen molar-refractivity contribution in [3.63, 3.8) is 0 Å². The van der Waals surface area contributed by atoms with Crippen molar-refractivity contribution in [1.82, 2.24) is 20.4 Å². The van der Waals surface area contributed by atoms with Crippen molar-refractivity contribution in [2.75, 3.05) is 166 Å². The lowest BCUT2D eigenvalue weighted by molar-refractivity contribution is 0.00285. The molecule has 0 heterocycles. The van der Waals surface area contributed by atoms with E-state index in [2.05, 4.69) is 34.3 Å². The predicted octanol–water partition coefficient (Wildman–Crippen LogP) is 1.27. The predicted molar refractivity (Wildman–Crippen MR) is 231 cm³/mol. The topological polar surface area (TPSA) is 200 Å². The van der Waals surface area contributed by atoms with Gasteiger partial charge in [-0.05, 0) is 25.2 Å². The third-order valence-corrected chi connectivity index (χ3v) is 15.3. The zero-order valence-electron chi connectivity index (χ0n) is 37.1. The maximum atomic E-state index is 10.9. The van der Waals surface area contributed by atoms with E-state index in [9.17, 15) is 15.3 Å². The van der Waals surface area contributed by atoms with Crippen LogP contribution in [0.15, 0.2) is 0 Å². The zero-order valence-corrected chi connectivity index (χ0v) is 38.9. The van der Waals surface area contributed by atoms with E-state index < -0.39 is 37.7 Å². The monoisotopic (exact) mass is 866 g/mol. The molecule has 17 nitrogen and oxygen atoms in total. The number of unbranched alkanes of at least 4 members (excludes halogenated alkanes) is 1. The lowest BCUT2D eigenvalue weighted by Gasteiger charge is -2.39. The molecule has 0 aromatic carbocycles. The quantitative estimate of drug-likeness (QED) is 0.0378. The van der Waals surface area contributed by atoms with Gasteiger partial charge in [0.2, 0.25) is 0 Å². The summed E-state index contributed by atoms with van der Waals surface area (Å²) in [7, 11) is 5.30. The molecule has 19 heteroatoms. The number of rotatable bonds is 44. The molecule has 346 valence electrons. The average Bonchev–Trinajstić information content (AvgIpc) is 3.21. The van der Waals surface area contributed by atoms with Crippen molar-refractivity contribution in [3.05, 3.63) is 0 Å². The molecular weight excluding hydrogens is 779 g/mol. The summed E-state index contributed by atoms with van der Waals surface area (Å²) in [6.07, 6.45) is 4.15. The second-order valence-electron chi connectivity index (χ2n) is 14.3. The highest BCUT2D eigenvalue weighted by Crippen LogP contribution is 2.49. The molecule has 0 saturated heterocycles. The number of nitrogens with two attached hydrogens (primary N) is 1. The number of ether oxygens (including phenoxy) is 4. The second-order valence-corrected chi connectivity index (χ2v) is 20.2. The Hall–Kier alpha value is -0.113. The fourth-order valence-corrected chi connectivity index (χ4v) is 9.63. The fourth-order valence-electron chi connectivity index (χ4n) is 6.24. The van der Waals surface area contributed by atoms with Crippen LogP contribution in [0.5, 0.6) is 0 Å². The molecular formula is C38H87N5O12SSi. The van der Waals surface area contributed by atoms with E-state index in [1.165, 1.54) is 12.8 Å². The number of hydrogen-bond donors (Lipinski definition) is 6. The van der Waals surface area contributed by atoms with Crippen LogP contribution in [0.1, 0.15) is 52.4 Å². The first-order chi connectivity index (χ1) is 27.5. The van der Waals surface area contributed by atoms with Gasteiger partial charge in [-0.3, -0.25) is 18.2 Å². The Bertz CT molecular complexity index is 871. The van der Waals surface area contributed by atoms with Crippen molar-refractivity contribution in [1.29, 1.82) is 0 Å². The molecule has 0 fully saturated rings. The zero-order chi connectivity index (χ0) is 42.6. The van der Waals surface area contributed by atoms with Gasteiger partial charge in [0.1, 0.15) is 5.94 Å². The standard InChI is InChI=1S/C38H87N5O12SSi/c1-9-11-14-35(10-2)30-55-33-38(46)29-43(22-18-41-27-36(44)31-53-23-12-25-56(48-4,49-5)34-47-3)21-17-40-16-20-42(19-15-39)28-37(45)32-54-24-13-26-57(50-6,51-7)52-8/h35-38,40-41,44-46H,9-34,39H2,1-8H3. The van der Waals surface area contributed by atoms with Gasteiger partial charge in [-0.25, -0.2) is 0 Å². The van der Waals surface area contributed by atoms with Gasteiger partial charge in [-0.15, -0.1) is 0 Å². The molecule has 0 bridgehead atoms. The lowest BCUT2D eigenvalue weighted by Crippen LogP contribution is -2.45. The minimum Gasteiger partial charge on any atom is -0.389 e. The minimum atomic E-state index is -2.63. The summed E-state index contributed by atoms with van der Waals surface area (Å²) in [5, 5.41) is 38.9. The van der Waals surface area contributed by atoms with Crippen molar-refractivity contribution in [2.24, 2.45) is 11.7 Å². The van der Waals surface area contributed by atoms with Gasteiger partial charge in [0, 0.05) is 132 Å². The van der Waals surface area contributed by atoms with Gasteiger partial charge >= 0.3 is 8.80 Å². The Morgan fingerprint density at radius 2 is 1.21 bits per heavy atom. The Balaban J connectivity index is 4.80. The number of methoxy groups -OCH3 is 1. The van der Waals surface area contributed by atoms with E-state index in [1.807, 2.05) is 0 Å². The van der Waals surface area contributed by atoms with Crippen LogP contribution in [0, 0.1) is 5.92 Å². The van der Waals surface area contributed by atoms with E-state index in [0.717, 1.165) is 45.4 Å². The molecule has 0 aliphatic heterocycles. The highest BCUT2D eigenvalue weighted by atomic mass is 32.3. The molecule has 0 spiro atoms. The largest absolute Gasteiger partial charge is 0.500 e. The Morgan fingerprint density at radius 1 is 0.667 bits per heavy atom. The lowest BCUT2D eigenvalue weighted by atomic mass is 10.0. The van der Waals surface area contributed by atoms with Gasteiger partial charge in [-0.1, -0.05) is 33.1 Å². The first kappa shape index (κ1) is 56.9. The number of aliphatic hydroxyl groups is 3. The van der Waals surface area contributed by atoms with E-state index in [1.54, 1.807) is 42.7 Å². The van der Waals surface area contributed by atoms with Crippen LogP contribution < -0.4 is 16.4 Å². The maximum Gasteiger partial charge on any atom is 0.500 e. The summed E-state index contributed by atoms with van der Waals surface area (Å²) in [6.45, 7) is 13.5. The van der Waals surface area contributed by atoms with Crippen LogP contribution in [0.2, 0.25) is 6.04 Å². The number of nitrogens with one attached hydrogen (secondary N) is 2. The Morgan fingerprint density at radius 3 is 1.74 bits per heavy atom. The van der Waals surface area contributed by atoms with Crippen molar-refractivity contribution < 1.29 is 55.9 Å². The second kappa shape index (κ2) is 37.6. The van der Waals surface area contributed by atoms with Crippen molar-refractivity contribution in [2.45, 2.75) is 76.7 Å². The fraction of sp³-hybridized carbons (Fsp3) is 1.00. The first-order valence-corrected chi connectivity index (χ1v) is 24.7. The molecule has 0 amide bonds. The summed E-state index contributed by atoms with van der Waals surface area (Å²) in [5.41, 5.74) is 5.88. The summed E-state index contributed by atoms with van der Waals surface area (Å²) < 4.78 is 50.1. The van der Waals surface area contributed by atoms with Gasteiger partial charge in [0.05, 0.1) is 52.4 Å². The van der Waals surface area contributed by atoms with Crippen molar-refractivity contribution in [3.8, 4) is 0 Å². The molecule has 0 aliphatic carbocycles. The Kier molecular flexibility index (Phi) is 37.6. The highest BCUT2D eigenvalue weighted by molar-refractivity contribution is 8.25. The SMILES string of the molecule is CCCCC(CC)COCC(O)CN(CCNCCN(CCN)CC(O)COCCC[Si](OC)(OC)OC)CCNCC(O)COCCCS(COC)(OC)OC. The van der Waals surface area contributed by atoms with Crippen LogP contribution in [0.4, 0.5) is 0 Å².